The van der Waals surface area contributed by atoms with Crippen LogP contribution in [0.2, 0.25) is 0 Å². The molecule has 25 heavy (non-hydrogen) atoms. The summed E-state index contributed by atoms with van der Waals surface area (Å²) in [5, 5.41) is 8.64. The number of rotatable bonds is 10. The fourth-order valence-electron chi connectivity index (χ4n) is 3.11. The Morgan fingerprint density at radius 3 is 2.40 bits per heavy atom. The van der Waals surface area contributed by atoms with Crippen LogP contribution in [0.3, 0.4) is 0 Å². The lowest BCUT2D eigenvalue weighted by Crippen LogP contribution is -2.44. The van der Waals surface area contributed by atoms with Crippen molar-refractivity contribution in [2.24, 2.45) is 5.41 Å². The third-order valence-corrected chi connectivity index (χ3v) is 4.58. The minimum Gasteiger partial charge on any atom is -0.457 e. The van der Waals surface area contributed by atoms with Gasteiger partial charge in [-0.05, 0) is 58.3 Å². The summed E-state index contributed by atoms with van der Waals surface area (Å²) in [6.07, 6.45) is 2.09. The predicted octanol–water partition coefficient (Wildman–Crippen LogP) is 4.26. The van der Waals surface area contributed by atoms with Gasteiger partial charge < -0.3 is 14.6 Å². The molecule has 0 radical (unpaired) electrons. The molecule has 0 saturated heterocycles. The molecule has 0 amide bonds. The van der Waals surface area contributed by atoms with Crippen LogP contribution in [0.25, 0.3) is 0 Å². The van der Waals surface area contributed by atoms with Gasteiger partial charge in [0.05, 0.1) is 6.10 Å². The van der Waals surface area contributed by atoms with E-state index >= 15 is 0 Å². The predicted molar refractivity (Wildman–Crippen MR) is 92.6 cm³/mol. The lowest BCUT2D eigenvalue weighted by atomic mass is 9.62. The summed E-state index contributed by atoms with van der Waals surface area (Å²) in [5.74, 6) is -3.31. The first-order chi connectivity index (χ1) is 11.4. The number of hydrogen-bond acceptors (Lipinski definition) is 4. The molecule has 146 valence electrons. The monoisotopic (exact) mass is 362 g/mol. The summed E-state index contributed by atoms with van der Waals surface area (Å²) in [7, 11) is 0. The van der Waals surface area contributed by atoms with Crippen molar-refractivity contribution in [3.8, 4) is 0 Å². The van der Waals surface area contributed by atoms with Crippen molar-refractivity contribution in [2.75, 3.05) is 13.2 Å². The highest BCUT2D eigenvalue weighted by Crippen LogP contribution is 2.50. The van der Waals surface area contributed by atoms with E-state index in [0.717, 1.165) is 6.42 Å². The number of hydrogen-bond donors (Lipinski definition) is 1. The Bertz CT molecular complexity index is 463. The first kappa shape index (κ1) is 22.0. The molecule has 0 unspecified atom stereocenters. The highest BCUT2D eigenvalue weighted by molar-refractivity contribution is 5.88. The molecule has 0 atom stereocenters. The van der Waals surface area contributed by atoms with E-state index < -0.39 is 24.1 Å². The van der Waals surface area contributed by atoms with Crippen LogP contribution in [-0.2, 0) is 14.3 Å². The number of alkyl halides is 2. The number of aliphatic hydroxyl groups excluding tert-OH is 1. The van der Waals surface area contributed by atoms with E-state index in [-0.39, 0.29) is 31.0 Å². The number of carbonyl (C=O) groups excluding carboxylic acids is 1. The maximum Gasteiger partial charge on any atom is 0.333 e. The van der Waals surface area contributed by atoms with Crippen molar-refractivity contribution in [3.05, 3.63) is 12.2 Å². The van der Waals surface area contributed by atoms with Crippen LogP contribution in [-0.4, -0.2) is 41.9 Å². The van der Waals surface area contributed by atoms with Gasteiger partial charge in [-0.15, -0.1) is 0 Å². The average molecular weight is 362 g/mol. The molecular formula is C19H32F2O4. The van der Waals surface area contributed by atoms with E-state index in [2.05, 4.69) is 6.58 Å². The zero-order valence-corrected chi connectivity index (χ0v) is 15.9. The van der Waals surface area contributed by atoms with Crippen molar-refractivity contribution in [2.45, 2.75) is 83.8 Å². The van der Waals surface area contributed by atoms with Gasteiger partial charge in [-0.3, -0.25) is 0 Å². The van der Waals surface area contributed by atoms with Crippen LogP contribution < -0.4 is 0 Å². The van der Waals surface area contributed by atoms with E-state index in [0.29, 0.717) is 24.8 Å². The maximum absolute atomic E-state index is 13.6. The minimum atomic E-state index is -2.91. The molecule has 4 nitrogen and oxygen atoms in total. The Kier molecular flexibility index (Phi) is 7.56. The second-order valence-corrected chi connectivity index (χ2v) is 8.16. The first-order valence-corrected chi connectivity index (χ1v) is 8.93. The largest absolute Gasteiger partial charge is 0.457 e. The molecule has 1 aliphatic carbocycles. The van der Waals surface area contributed by atoms with Crippen LogP contribution in [0.5, 0.6) is 0 Å². The summed E-state index contributed by atoms with van der Waals surface area (Å²) in [6, 6.07) is 0. The molecular weight excluding hydrogens is 330 g/mol. The van der Waals surface area contributed by atoms with Crippen molar-refractivity contribution in [3.63, 3.8) is 0 Å². The van der Waals surface area contributed by atoms with Crippen LogP contribution in [0.1, 0.15) is 66.2 Å². The van der Waals surface area contributed by atoms with Gasteiger partial charge in [0, 0.05) is 18.6 Å². The highest BCUT2D eigenvalue weighted by atomic mass is 19.3. The van der Waals surface area contributed by atoms with E-state index in [1.807, 2.05) is 6.92 Å². The number of aliphatic hydroxyl groups is 1. The van der Waals surface area contributed by atoms with Crippen molar-refractivity contribution in [1.29, 1.82) is 0 Å². The Morgan fingerprint density at radius 1 is 1.32 bits per heavy atom. The molecule has 0 aliphatic heterocycles. The summed E-state index contributed by atoms with van der Waals surface area (Å²) >= 11 is 0. The molecule has 1 N–H and O–H groups in total. The lowest BCUT2D eigenvalue weighted by molar-refractivity contribution is -0.156. The summed E-state index contributed by atoms with van der Waals surface area (Å²) in [6.45, 7) is 10.4. The summed E-state index contributed by atoms with van der Waals surface area (Å²) < 4.78 is 37.8. The molecule has 0 aromatic rings. The highest BCUT2D eigenvalue weighted by Gasteiger charge is 2.45. The standard InChI is InChI=1S/C19H32F2O4/c1-6-18(10-14(2)16(23)25-17(3,4)5)11-15(12-18)24-13-19(20,21)8-7-9-22/h15,22H,2,6-13H2,1,3-5H3. The molecule has 0 spiro atoms. The van der Waals surface area contributed by atoms with Gasteiger partial charge in [-0.1, -0.05) is 13.5 Å². The fraction of sp³-hybridized carbons (Fsp3) is 0.842. The number of halogens is 2. The normalized spacial score (nSPS) is 23.9. The van der Waals surface area contributed by atoms with Crippen LogP contribution >= 0.6 is 0 Å². The van der Waals surface area contributed by atoms with Gasteiger partial charge in [0.1, 0.15) is 12.2 Å². The summed E-state index contributed by atoms with van der Waals surface area (Å²) in [5.41, 5.74) is -0.271. The third-order valence-electron chi connectivity index (χ3n) is 4.58. The Balaban J connectivity index is 2.44. The van der Waals surface area contributed by atoms with Crippen molar-refractivity contribution in [1.82, 2.24) is 0 Å². The molecule has 0 aromatic heterocycles. The van der Waals surface area contributed by atoms with E-state index in [1.54, 1.807) is 20.8 Å². The molecule has 1 fully saturated rings. The van der Waals surface area contributed by atoms with Crippen molar-refractivity contribution < 1.29 is 28.2 Å². The zero-order chi connectivity index (χ0) is 19.3. The Labute approximate surface area is 149 Å². The molecule has 6 heteroatoms. The Morgan fingerprint density at radius 2 is 1.92 bits per heavy atom. The fourth-order valence-corrected chi connectivity index (χ4v) is 3.11. The topological polar surface area (TPSA) is 55.8 Å². The van der Waals surface area contributed by atoms with Gasteiger partial charge in [0.25, 0.3) is 5.92 Å². The van der Waals surface area contributed by atoms with Crippen LogP contribution in [0.15, 0.2) is 12.2 Å². The molecule has 1 saturated carbocycles. The molecule has 1 rings (SSSR count). The van der Waals surface area contributed by atoms with Gasteiger partial charge in [0.15, 0.2) is 0 Å². The SMILES string of the molecule is C=C(CC1(CC)CC(OCC(F)(F)CCCO)C1)C(=O)OC(C)(C)C. The van der Waals surface area contributed by atoms with Crippen LogP contribution in [0, 0.1) is 5.41 Å². The van der Waals surface area contributed by atoms with E-state index in [1.165, 1.54) is 0 Å². The zero-order valence-electron chi connectivity index (χ0n) is 15.9. The van der Waals surface area contributed by atoms with Crippen LogP contribution in [0.4, 0.5) is 8.78 Å². The molecule has 0 bridgehead atoms. The second-order valence-electron chi connectivity index (χ2n) is 8.16. The molecule has 0 heterocycles. The average Bonchev–Trinajstić information content (AvgIpc) is 2.45. The maximum atomic E-state index is 13.6. The quantitative estimate of drug-likeness (QED) is 0.466. The smallest absolute Gasteiger partial charge is 0.333 e. The van der Waals surface area contributed by atoms with Gasteiger partial charge >= 0.3 is 5.97 Å². The number of esters is 1. The van der Waals surface area contributed by atoms with Gasteiger partial charge in [0.2, 0.25) is 0 Å². The van der Waals surface area contributed by atoms with E-state index in [4.69, 9.17) is 14.6 Å². The second kappa shape index (κ2) is 8.58. The third kappa shape index (κ3) is 7.40. The molecule has 0 aromatic carbocycles. The minimum absolute atomic E-state index is 0.0651. The van der Waals surface area contributed by atoms with Gasteiger partial charge in [-0.2, -0.15) is 0 Å². The first-order valence-electron chi connectivity index (χ1n) is 8.93. The number of ether oxygens (including phenoxy) is 2. The summed E-state index contributed by atoms with van der Waals surface area (Å²) in [4.78, 5) is 12.1. The van der Waals surface area contributed by atoms with Gasteiger partial charge in [-0.25, -0.2) is 13.6 Å². The van der Waals surface area contributed by atoms with E-state index in [9.17, 15) is 13.6 Å². The van der Waals surface area contributed by atoms with Crippen molar-refractivity contribution >= 4 is 5.97 Å². The lowest BCUT2D eigenvalue weighted by Gasteiger charge is -2.47. The molecule has 1 aliphatic rings. The number of carbonyl (C=O) groups is 1. The Hall–Kier alpha value is -1.01.